The molecule has 0 aliphatic carbocycles. The van der Waals surface area contributed by atoms with Crippen LogP contribution >= 0.6 is 0 Å². The second-order valence-corrected chi connectivity index (χ2v) is 8.85. The molecule has 7 nitrogen and oxygen atoms in total. The zero-order valence-corrected chi connectivity index (χ0v) is 18.8. The van der Waals surface area contributed by atoms with E-state index in [4.69, 9.17) is 9.47 Å². The average Bonchev–Trinajstić information content (AvgIpc) is 2.78. The molecule has 32 heavy (non-hydrogen) atoms. The van der Waals surface area contributed by atoms with Crippen molar-refractivity contribution in [3.63, 3.8) is 0 Å². The summed E-state index contributed by atoms with van der Waals surface area (Å²) in [5, 5.41) is 2.53. The summed E-state index contributed by atoms with van der Waals surface area (Å²) < 4.78 is 11.0. The zero-order chi connectivity index (χ0) is 23.1. The maximum Gasteiger partial charge on any atom is 0.435 e. The molecule has 3 rings (SSSR count). The lowest BCUT2D eigenvalue weighted by molar-refractivity contribution is -0.120. The van der Waals surface area contributed by atoms with Crippen LogP contribution in [0.3, 0.4) is 0 Å². The molecule has 0 bridgehead atoms. The number of imide groups is 1. The minimum atomic E-state index is -0.837. The Morgan fingerprint density at radius 2 is 1.62 bits per heavy atom. The van der Waals surface area contributed by atoms with Gasteiger partial charge in [-0.1, -0.05) is 60.7 Å². The summed E-state index contributed by atoms with van der Waals surface area (Å²) in [6.45, 7) is 5.43. The molecule has 1 aliphatic rings. The molecule has 170 valence electrons. The van der Waals surface area contributed by atoms with E-state index in [1.807, 2.05) is 60.7 Å². The normalized spacial score (nSPS) is 19.1. The molecule has 1 fully saturated rings. The summed E-state index contributed by atoms with van der Waals surface area (Å²) in [6, 6.07) is 18.6. The Kier molecular flexibility index (Phi) is 7.64. The molecule has 1 heterocycles. The molecule has 0 aromatic heterocycles. The van der Waals surface area contributed by atoms with Crippen molar-refractivity contribution in [2.24, 2.45) is 5.92 Å². The van der Waals surface area contributed by atoms with E-state index in [2.05, 4.69) is 0 Å². The van der Waals surface area contributed by atoms with Crippen LogP contribution in [0.1, 0.15) is 50.8 Å². The molecule has 2 amide bonds. The van der Waals surface area contributed by atoms with Gasteiger partial charge in [0.1, 0.15) is 18.5 Å². The lowest BCUT2D eigenvalue weighted by Gasteiger charge is -2.43. The molecule has 0 radical (unpaired) electrons. The van der Waals surface area contributed by atoms with E-state index < -0.39 is 17.8 Å². The van der Waals surface area contributed by atoms with Crippen LogP contribution in [-0.2, 0) is 20.9 Å². The molecular weight excluding hydrogens is 408 g/mol. The topological polar surface area (TPSA) is 76.2 Å². The largest absolute Gasteiger partial charge is 0.443 e. The Hall–Kier alpha value is -3.19. The Labute approximate surface area is 188 Å². The predicted molar refractivity (Wildman–Crippen MR) is 119 cm³/mol. The molecule has 2 aromatic carbocycles. The number of carbonyl (C=O) groups is 3. The molecular formula is C25H30N2O5. The van der Waals surface area contributed by atoms with Crippen molar-refractivity contribution in [1.82, 2.24) is 10.0 Å². The Morgan fingerprint density at radius 1 is 1.00 bits per heavy atom. The second-order valence-electron chi connectivity index (χ2n) is 8.85. The fourth-order valence-electron chi connectivity index (χ4n) is 3.70. The number of aldehydes is 1. The maximum absolute atomic E-state index is 13.2. The van der Waals surface area contributed by atoms with Crippen LogP contribution in [0.4, 0.5) is 9.59 Å². The summed E-state index contributed by atoms with van der Waals surface area (Å²) in [5.41, 5.74) is 0.937. The van der Waals surface area contributed by atoms with E-state index in [0.717, 1.165) is 22.4 Å². The smallest absolute Gasteiger partial charge is 0.435 e. The first-order valence-corrected chi connectivity index (χ1v) is 10.8. The fourth-order valence-corrected chi connectivity index (χ4v) is 3.70. The number of hydrogen-bond donors (Lipinski definition) is 0. The van der Waals surface area contributed by atoms with Crippen LogP contribution in [0.25, 0.3) is 0 Å². The first kappa shape index (κ1) is 23.5. The van der Waals surface area contributed by atoms with Crippen molar-refractivity contribution < 1.29 is 23.9 Å². The van der Waals surface area contributed by atoms with Gasteiger partial charge in [0.25, 0.3) is 0 Å². The number of hydrogen-bond acceptors (Lipinski definition) is 6. The summed E-state index contributed by atoms with van der Waals surface area (Å²) in [4.78, 5) is 37.9. The maximum atomic E-state index is 13.2. The highest BCUT2D eigenvalue weighted by atomic mass is 16.6. The molecule has 2 unspecified atom stereocenters. The zero-order valence-electron chi connectivity index (χ0n) is 18.8. The van der Waals surface area contributed by atoms with Crippen molar-refractivity contribution in [2.75, 3.05) is 6.54 Å². The highest BCUT2D eigenvalue weighted by molar-refractivity contribution is 5.87. The van der Waals surface area contributed by atoms with E-state index in [1.165, 1.54) is 0 Å². The molecule has 2 atom stereocenters. The van der Waals surface area contributed by atoms with Gasteiger partial charge >= 0.3 is 12.2 Å². The van der Waals surface area contributed by atoms with Gasteiger partial charge < -0.3 is 14.3 Å². The lowest BCUT2D eigenvalue weighted by atomic mass is 9.91. The summed E-state index contributed by atoms with van der Waals surface area (Å²) in [7, 11) is 0. The molecule has 0 N–H and O–H groups in total. The summed E-state index contributed by atoms with van der Waals surface area (Å²) in [5.74, 6) is -0.304. The van der Waals surface area contributed by atoms with E-state index in [9.17, 15) is 14.4 Å². The average molecular weight is 439 g/mol. The SMILES string of the molecule is CC(C)(C)OC(=O)N(C(=O)OCc1ccccc1)N1CC(C=O)CCC1c1ccccc1. The third kappa shape index (κ3) is 6.17. The van der Waals surface area contributed by atoms with E-state index in [1.54, 1.807) is 25.8 Å². The van der Waals surface area contributed by atoms with Crippen LogP contribution < -0.4 is 0 Å². The highest BCUT2D eigenvalue weighted by Crippen LogP contribution is 2.35. The Morgan fingerprint density at radius 3 is 2.22 bits per heavy atom. The molecule has 0 spiro atoms. The number of carbonyl (C=O) groups excluding carboxylic acids is 3. The fraction of sp³-hybridized carbons (Fsp3) is 0.400. The summed E-state index contributed by atoms with van der Waals surface area (Å²) >= 11 is 0. The third-order valence-corrected chi connectivity index (χ3v) is 5.17. The van der Waals surface area contributed by atoms with Gasteiger partial charge in [-0.05, 0) is 44.7 Å². The number of hydrazine groups is 1. The van der Waals surface area contributed by atoms with Crippen molar-refractivity contribution in [2.45, 2.75) is 51.9 Å². The van der Waals surface area contributed by atoms with E-state index in [-0.39, 0.29) is 25.1 Å². The van der Waals surface area contributed by atoms with Crippen LogP contribution in [0.5, 0.6) is 0 Å². The lowest BCUT2D eigenvalue weighted by Crippen LogP contribution is -2.56. The minimum Gasteiger partial charge on any atom is -0.443 e. The number of nitrogens with zero attached hydrogens (tertiary/aromatic N) is 2. The van der Waals surface area contributed by atoms with E-state index >= 15 is 0 Å². The van der Waals surface area contributed by atoms with Gasteiger partial charge in [0.2, 0.25) is 0 Å². The molecule has 0 saturated carbocycles. The van der Waals surface area contributed by atoms with Crippen LogP contribution in [0.2, 0.25) is 0 Å². The number of benzene rings is 2. The first-order chi connectivity index (χ1) is 15.3. The molecule has 1 saturated heterocycles. The Bertz CT molecular complexity index is 911. The third-order valence-electron chi connectivity index (χ3n) is 5.17. The monoisotopic (exact) mass is 438 g/mol. The number of amides is 2. The predicted octanol–water partition coefficient (Wildman–Crippen LogP) is 5.13. The standard InChI is InChI=1S/C25H30N2O5/c1-25(2,3)32-24(30)27(23(29)31-18-19-10-6-4-7-11-19)26-16-20(17-28)14-15-22(26)21-12-8-5-9-13-21/h4-13,17,20,22H,14-16,18H2,1-3H3. The molecule has 7 heteroatoms. The highest BCUT2D eigenvalue weighted by Gasteiger charge is 2.41. The van der Waals surface area contributed by atoms with Gasteiger partial charge in [-0.15, -0.1) is 5.01 Å². The summed E-state index contributed by atoms with van der Waals surface area (Å²) in [6.07, 6.45) is 0.481. The van der Waals surface area contributed by atoms with Crippen LogP contribution in [0, 0.1) is 5.92 Å². The number of ether oxygens (including phenoxy) is 2. The number of piperidine rings is 1. The minimum absolute atomic E-state index is 0.0138. The van der Waals surface area contributed by atoms with Gasteiger partial charge in [-0.2, -0.15) is 5.01 Å². The van der Waals surface area contributed by atoms with E-state index in [0.29, 0.717) is 12.8 Å². The van der Waals surface area contributed by atoms with Gasteiger partial charge in [0, 0.05) is 12.5 Å². The van der Waals surface area contributed by atoms with Gasteiger partial charge in [-0.3, -0.25) is 0 Å². The van der Waals surface area contributed by atoms with Crippen LogP contribution in [-0.4, -0.2) is 40.6 Å². The molecule has 2 aromatic rings. The van der Waals surface area contributed by atoms with Crippen molar-refractivity contribution in [1.29, 1.82) is 0 Å². The van der Waals surface area contributed by atoms with Crippen molar-refractivity contribution >= 4 is 18.5 Å². The first-order valence-electron chi connectivity index (χ1n) is 10.8. The van der Waals surface area contributed by atoms with Gasteiger partial charge in [0.05, 0.1) is 6.04 Å². The molecule has 1 aliphatic heterocycles. The van der Waals surface area contributed by atoms with Crippen molar-refractivity contribution in [3.05, 3.63) is 71.8 Å². The van der Waals surface area contributed by atoms with Crippen molar-refractivity contribution in [3.8, 4) is 0 Å². The number of rotatable bonds is 5. The second kappa shape index (κ2) is 10.4. The van der Waals surface area contributed by atoms with Gasteiger partial charge in [-0.25, -0.2) is 9.59 Å². The van der Waals surface area contributed by atoms with Gasteiger partial charge in [0.15, 0.2) is 0 Å². The quantitative estimate of drug-likeness (QED) is 0.603. The van der Waals surface area contributed by atoms with Crippen LogP contribution in [0.15, 0.2) is 60.7 Å². The Balaban J connectivity index is 1.91.